The summed E-state index contributed by atoms with van der Waals surface area (Å²) in [6.45, 7) is 5.16. The molecule has 1 saturated heterocycles. The lowest BCUT2D eigenvalue weighted by atomic mass is 9.79. The lowest BCUT2D eigenvalue weighted by Crippen LogP contribution is -2.59. The van der Waals surface area contributed by atoms with Gasteiger partial charge in [-0.3, -0.25) is 9.69 Å². The van der Waals surface area contributed by atoms with Gasteiger partial charge in [0.05, 0.1) is 6.04 Å². The van der Waals surface area contributed by atoms with E-state index in [2.05, 4.69) is 10.2 Å². The molecule has 3 N–H and O–H groups in total. The molecule has 0 radical (unpaired) electrons. The number of rotatable bonds is 5. The smallest absolute Gasteiger partial charge is 0.236 e. The average molecular weight is 281 g/mol. The number of hydrogen-bond acceptors (Lipinski definition) is 3. The zero-order chi connectivity index (χ0) is 14.4. The highest BCUT2D eigenvalue weighted by atomic mass is 16.2. The van der Waals surface area contributed by atoms with Crippen LogP contribution in [0.5, 0.6) is 0 Å². The summed E-state index contributed by atoms with van der Waals surface area (Å²) in [7, 11) is 0. The summed E-state index contributed by atoms with van der Waals surface area (Å²) in [6.07, 6.45) is 11.1. The van der Waals surface area contributed by atoms with E-state index in [0.29, 0.717) is 6.42 Å². The second kappa shape index (κ2) is 7.41. The number of carbonyl (C=O) groups excluding carboxylic acids is 1. The van der Waals surface area contributed by atoms with Crippen LogP contribution in [0.1, 0.15) is 64.7 Å². The number of piperidine rings is 1. The van der Waals surface area contributed by atoms with E-state index < -0.39 is 0 Å². The molecule has 2 rings (SSSR count). The van der Waals surface area contributed by atoms with Crippen molar-refractivity contribution in [2.45, 2.75) is 76.3 Å². The van der Waals surface area contributed by atoms with Crippen LogP contribution in [0.25, 0.3) is 0 Å². The summed E-state index contributed by atoms with van der Waals surface area (Å²) in [5.74, 6) is 0.0226. The van der Waals surface area contributed by atoms with E-state index in [9.17, 15) is 4.79 Å². The molecule has 1 aliphatic carbocycles. The maximum Gasteiger partial charge on any atom is 0.236 e. The molecule has 4 heteroatoms. The SMILES string of the molecule is CCC(N)C(=O)NCC1(N2CCCCC2)CCCCC1. The first-order valence-electron chi connectivity index (χ1n) is 8.46. The van der Waals surface area contributed by atoms with E-state index in [1.165, 1.54) is 64.5 Å². The van der Waals surface area contributed by atoms with Gasteiger partial charge in [0.15, 0.2) is 0 Å². The Balaban J connectivity index is 1.97. The Hall–Kier alpha value is -0.610. The van der Waals surface area contributed by atoms with Gasteiger partial charge in [-0.1, -0.05) is 32.6 Å². The molecule has 0 aromatic carbocycles. The summed E-state index contributed by atoms with van der Waals surface area (Å²) in [6, 6.07) is -0.350. The Morgan fingerprint density at radius 2 is 1.75 bits per heavy atom. The van der Waals surface area contributed by atoms with Crippen molar-refractivity contribution >= 4 is 5.91 Å². The first-order valence-corrected chi connectivity index (χ1v) is 8.46. The van der Waals surface area contributed by atoms with Crippen molar-refractivity contribution in [3.8, 4) is 0 Å². The van der Waals surface area contributed by atoms with Gasteiger partial charge in [0.1, 0.15) is 0 Å². The quantitative estimate of drug-likeness (QED) is 0.810. The number of nitrogens with two attached hydrogens (primary N) is 1. The number of likely N-dealkylation sites (tertiary alicyclic amines) is 1. The van der Waals surface area contributed by atoms with Crippen LogP contribution in [0, 0.1) is 0 Å². The first kappa shape index (κ1) is 15.8. The highest BCUT2D eigenvalue weighted by Gasteiger charge is 2.38. The Bertz CT molecular complexity index is 307. The van der Waals surface area contributed by atoms with Crippen molar-refractivity contribution in [1.29, 1.82) is 0 Å². The minimum atomic E-state index is -0.350. The monoisotopic (exact) mass is 281 g/mol. The molecule has 0 spiro atoms. The molecular formula is C16H31N3O. The first-order chi connectivity index (χ1) is 9.68. The highest BCUT2D eigenvalue weighted by Crippen LogP contribution is 2.35. The molecule has 0 bridgehead atoms. The fourth-order valence-corrected chi connectivity index (χ4v) is 3.75. The molecule has 1 unspecified atom stereocenters. The van der Waals surface area contributed by atoms with Gasteiger partial charge in [-0.05, 0) is 45.2 Å². The average Bonchev–Trinajstić information content (AvgIpc) is 2.53. The molecule has 0 aromatic heterocycles. The summed E-state index contributed by atoms with van der Waals surface area (Å²) < 4.78 is 0. The second-order valence-corrected chi connectivity index (χ2v) is 6.57. The van der Waals surface area contributed by atoms with Crippen LogP contribution in [0.4, 0.5) is 0 Å². The normalized spacial score (nSPS) is 25.1. The molecule has 116 valence electrons. The predicted molar refractivity (Wildman–Crippen MR) is 82.5 cm³/mol. The number of nitrogens with zero attached hydrogens (tertiary/aromatic N) is 1. The van der Waals surface area contributed by atoms with E-state index in [-0.39, 0.29) is 17.5 Å². The molecule has 1 aliphatic heterocycles. The van der Waals surface area contributed by atoms with Gasteiger partial charge in [-0.2, -0.15) is 0 Å². The number of carbonyl (C=O) groups is 1. The molecule has 1 heterocycles. The summed E-state index contributed by atoms with van der Waals surface area (Å²) >= 11 is 0. The zero-order valence-corrected chi connectivity index (χ0v) is 13.0. The number of hydrogen-bond donors (Lipinski definition) is 2. The van der Waals surface area contributed by atoms with Crippen molar-refractivity contribution in [3.63, 3.8) is 0 Å². The molecule has 4 nitrogen and oxygen atoms in total. The van der Waals surface area contributed by atoms with E-state index in [0.717, 1.165) is 6.54 Å². The van der Waals surface area contributed by atoms with Gasteiger partial charge in [0, 0.05) is 12.1 Å². The third kappa shape index (κ3) is 3.73. The largest absolute Gasteiger partial charge is 0.353 e. The van der Waals surface area contributed by atoms with Gasteiger partial charge in [0.2, 0.25) is 5.91 Å². The van der Waals surface area contributed by atoms with Crippen molar-refractivity contribution in [1.82, 2.24) is 10.2 Å². The van der Waals surface area contributed by atoms with Crippen LogP contribution in [-0.2, 0) is 4.79 Å². The molecule has 20 heavy (non-hydrogen) atoms. The van der Waals surface area contributed by atoms with E-state index in [1.807, 2.05) is 6.92 Å². The van der Waals surface area contributed by atoms with Crippen LogP contribution < -0.4 is 11.1 Å². The number of nitrogens with one attached hydrogen (secondary N) is 1. The van der Waals surface area contributed by atoms with E-state index in [1.54, 1.807) is 0 Å². The van der Waals surface area contributed by atoms with Crippen LogP contribution in [0.3, 0.4) is 0 Å². The Labute approximate surface area is 123 Å². The van der Waals surface area contributed by atoms with Gasteiger partial charge in [-0.25, -0.2) is 0 Å². The number of amides is 1. The fraction of sp³-hybridized carbons (Fsp3) is 0.938. The van der Waals surface area contributed by atoms with E-state index >= 15 is 0 Å². The van der Waals surface area contributed by atoms with Crippen LogP contribution in [0.15, 0.2) is 0 Å². The third-order valence-corrected chi connectivity index (χ3v) is 5.18. The van der Waals surface area contributed by atoms with E-state index in [4.69, 9.17) is 5.73 Å². The Kier molecular flexibility index (Phi) is 5.85. The molecule has 1 amide bonds. The van der Waals surface area contributed by atoms with Crippen LogP contribution in [0.2, 0.25) is 0 Å². The second-order valence-electron chi connectivity index (χ2n) is 6.57. The lowest BCUT2D eigenvalue weighted by Gasteiger charge is -2.48. The Morgan fingerprint density at radius 1 is 1.15 bits per heavy atom. The van der Waals surface area contributed by atoms with Crippen LogP contribution >= 0.6 is 0 Å². The summed E-state index contributed by atoms with van der Waals surface area (Å²) in [5.41, 5.74) is 6.04. The van der Waals surface area contributed by atoms with Gasteiger partial charge in [-0.15, -0.1) is 0 Å². The van der Waals surface area contributed by atoms with Crippen molar-refractivity contribution in [2.24, 2.45) is 5.73 Å². The lowest BCUT2D eigenvalue weighted by molar-refractivity contribution is -0.123. The van der Waals surface area contributed by atoms with Gasteiger partial charge >= 0.3 is 0 Å². The molecule has 2 aliphatic rings. The standard InChI is InChI=1S/C16H31N3O/c1-2-14(17)15(20)18-13-16(9-5-3-6-10-16)19-11-7-4-8-12-19/h14H,2-13,17H2,1H3,(H,18,20). The predicted octanol–water partition coefficient (Wildman–Crippen LogP) is 2.03. The molecule has 1 saturated carbocycles. The minimum absolute atomic E-state index is 0.0226. The van der Waals surface area contributed by atoms with Gasteiger partial charge < -0.3 is 11.1 Å². The van der Waals surface area contributed by atoms with Crippen LogP contribution in [-0.4, -0.2) is 42.0 Å². The Morgan fingerprint density at radius 3 is 2.35 bits per heavy atom. The topological polar surface area (TPSA) is 58.4 Å². The summed E-state index contributed by atoms with van der Waals surface area (Å²) in [4.78, 5) is 14.6. The molecular weight excluding hydrogens is 250 g/mol. The van der Waals surface area contributed by atoms with Crippen molar-refractivity contribution < 1.29 is 4.79 Å². The van der Waals surface area contributed by atoms with Gasteiger partial charge in [0.25, 0.3) is 0 Å². The minimum Gasteiger partial charge on any atom is -0.353 e. The van der Waals surface area contributed by atoms with Crippen molar-refractivity contribution in [2.75, 3.05) is 19.6 Å². The highest BCUT2D eigenvalue weighted by molar-refractivity contribution is 5.81. The molecule has 2 fully saturated rings. The molecule has 1 atom stereocenters. The van der Waals surface area contributed by atoms with Crippen molar-refractivity contribution in [3.05, 3.63) is 0 Å². The summed E-state index contributed by atoms with van der Waals surface area (Å²) in [5, 5.41) is 3.14. The molecule has 0 aromatic rings. The maximum atomic E-state index is 12.0. The zero-order valence-electron chi connectivity index (χ0n) is 13.0. The fourth-order valence-electron chi connectivity index (χ4n) is 3.75. The third-order valence-electron chi connectivity index (χ3n) is 5.18. The maximum absolute atomic E-state index is 12.0.